The molecule has 0 unspecified atom stereocenters. The minimum absolute atomic E-state index is 0.188. The van der Waals surface area contributed by atoms with Gasteiger partial charge < -0.3 is 0 Å². The van der Waals surface area contributed by atoms with Gasteiger partial charge in [0.15, 0.2) is 5.78 Å². The van der Waals surface area contributed by atoms with E-state index < -0.39 is 0 Å². The number of rotatable bonds is 2. The molecular weight excluding hydrogens is 394 g/mol. The molecule has 0 bridgehead atoms. The molecule has 0 spiro atoms. The van der Waals surface area contributed by atoms with Gasteiger partial charge in [-0.05, 0) is 40.2 Å². The highest BCUT2D eigenvalue weighted by atomic mass is 79.9. The average molecular weight is 399 g/mol. The van der Waals surface area contributed by atoms with Crippen LogP contribution in [0.1, 0.15) is 15.9 Å². The van der Waals surface area contributed by atoms with Crippen LogP contribution in [0.3, 0.4) is 0 Å². The van der Waals surface area contributed by atoms with Crippen LogP contribution < -0.4 is 0 Å². The molecule has 2 aromatic carbocycles. The first-order chi connectivity index (χ1) is 8.91. The van der Waals surface area contributed by atoms with Crippen LogP contribution in [0.2, 0.25) is 20.1 Å². The third-order valence-electron chi connectivity index (χ3n) is 2.43. The Labute approximate surface area is 138 Å². The lowest BCUT2D eigenvalue weighted by atomic mass is 10.0. The van der Waals surface area contributed by atoms with Gasteiger partial charge in [-0.15, -0.1) is 0 Å². The van der Waals surface area contributed by atoms with Gasteiger partial charge in [0, 0.05) is 15.1 Å². The molecule has 0 amide bonds. The fourth-order valence-corrected chi connectivity index (χ4v) is 3.14. The molecule has 0 aliphatic rings. The van der Waals surface area contributed by atoms with Crippen LogP contribution in [0.4, 0.5) is 0 Å². The third-order valence-corrected chi connectivity index (χ3v) is 4.54. The van der Waals surface area contributed by atoms with Crippen molar-refractivity contribution in [2.45, 2.75) is 0 Å². The van der Waals surface area contributed by atoms with Crippen molar-refractivity contribution in [2.75, 3.05) is 0 Å². The summed E-state index contributed by atoms with van der Waals surface area (Å²) >= 11 is 27.2. The maximum Gasteiger partial charge on any atom is 0.197 e. The summed E-state index contributed by atoms with van der Waals surface area (Å²) in [5.41, 5.74) is 0.509. The van der Waals surface area contributed by atoms with Crippen molar-refractivity contribution >= 4 is 68.1 Å². The van der Waals surface area contributed by atoms with Gasteiger partial charge in [-0.2, -0.15) is 0 Å². The zero-order chi connectivity index (χ0) is 14.2. The number of halogens is 5. The van der Waals surface area contributed by atoms with Crippen molar-refractivity contribution in [3.63, 3.8) is 0 Å². The molecule has 0 N–H and O–H groups in total. The van der Waals surface area contributed by atoms with Gasteiger partial charge in [0.05, 0.1) is 20.6 Å². The lowest BCUT2D eigenvalue weighted by molar-refractivity contribution is 0.103. The Kier molecular flexibility index (Phi) is 4.80. The monoisotopic (exact) mass is 396 g/mol. The summed E-state index contributed by atoms with van der Waals surface area (Å²) in [6.07, 6.45) is 0. The molecule has 1 nitrogen and oxygen atoms in total. The number of hydrogen-bond acceptors (Lipinski definition) is 1. The predicted molar refractivity (Wildman–Crippen MR) is 84.1 cm³/mol. The molecule has 0 heterocycles. The van der Waals surface area contributed by atoms with Crippen LogP contribution in [0.5, 0.6) is 0 Å². The van der Waals surface area contributed by atoms with Crippen molar-refractivity contribution in [2.24, 2.45) is 0 Å². The molecular formula is C13H5BrCl4O. The largest absolute Gasteiger partial charge is 0.288 e. The Balaban J connectivity index is 2.60. The Hall–Kier alpha value is -0.250. The predicted octanol–water partition coefficient (Wildman–Crippen LogP) is 6.29. The standard InChI is InChI=1S/C13H5BrCl4O/c14-8-3-1-2-7(12(8)18)13(19)11-9(16)4-6(15)5-10(11)17/h1-5H. The van der Waals surface area contributed by atoms with Crippen molar-refractivity contribution in [3.05, 3.63) is 66.0 Å². The topological polar surface area (TPSA) is 17.1 Å². The van der Waals surface area contributed by atoms with Crippen LogP contribution in [0.15, 0.2) is 34.8 Å². The molecule has 6 heteroatoms. The first kappa shape index (κ1) is 15.1. The molecule has 0 fully saturated rings. The molecule has 0 radical (unpaired) electrons. The summed E-state index contributed by atoms with van der Waals surface area (Å²) in [6, 6.07) is 7.99. The molecule has 0 aliphatic carbocycles. The van der Waals surface area contributed by atoms with Gasteiger partial charge >= 0.3 is 0 Å². The second-order valence-corrected chi connectivity index (χ2v) is 6.16. The first-order valence-electron chi connectivity index (χ1n) is 5.05. The van der Waals surface area contributed by atoms with Crippen molar-refractivity contribution in [3.8, 4) is 0 Å². The smallest absolute Gasteiger partial charge is 0.197 e. The van der Waals surface area contributed by atoms with Gasteiger partial charge in [-0.3, -0.25) is 4.79 Å². The molecule has 0 aliphatic heterocycles. The Bertz CT molecular complexity index is 647. The highest BCUT2D eigenvalue weighted by Gasteiger charge is 2.20. The Morgan fingerprint density at radius 2 is 1.58 bits per heavy atom. The van der Waals surface area contributed by atoms with Gasteiger partial charge in [0.25, 0.3) is 0 Å². The lowest BCUT2D eigenvalue weighted by Gasteiger charge is -2.09. The van der Waals surface area contributed by atoms with E-state index in [1.807, 2.05) is 0 Å². The summed E-state index contributed by atoms with van der Waals surface area (Å²) in [5.74, 6) is -0.349. The van der Waals surface area contributed by atoms with E-state index >= 15 is 0 Å². The van der Waals surface area contributed by atoms with Gasteiger partial charge in [-0.25, -0.2) is 0 Å². The highest BCUT2D eigenvalue weighted by Crippen LogP contribution is 2.34. The van der Waals surface area contributed by atoms with Crippen LogP contribution >= 0.6 is 62.3 Å². The fourth-order valence-electron chi connectivity index (χ4n) is 1.57. The maximum absolute atomic E-state index is 12.5. The minimum Gasteiger partial charge on any atom is -0.288 e. The summed E-state index contributed by atoms with van der Waals surface area (Å²) in [5, 5.41) is 1.07. The second kappa shape index (κ2) is 6.02. The Morgan fingerprint density at radius 3 is 2.16 bits per heavy atom. The minimum atomic E-state index is -0.349. The molecule has 0 aromatic heterocycles. The van der Waals surface area contributed by atoms with Gasteiger partial charge in [0.2, 0.25) is 0 Å². The maximum atomic E-state index is 12.5. The molecule has 19 heavy (non-hydrogen) atoms. The van der Waals surface area contributed by atoms with E-state index in [9.17, 15) is 4.79 Å². The number of ketones is 1. The van der Waals surface area contributed by atoms with E-state index in [0.29, 0.717) is 20.1 Å². The lowest BCUT2D eigenvalue weighted by Crippen LogP contribution is -2.04. The zero-order valence-corrected chi connectivity index (χ0v) is 13.8. The van der Waals surface area contributed by atoms with Gasteiger partial charge in [-0.1, -0.05) is 52.5 Å². The molecule has 0 saturated carbocycles. The van der Waals surface area contributed by atoms with E-state index in [-0.39, 0.29) is 21.4 Å². The first-order valence-corrected chi connectivity index (χ1v) is 7.35. The van der Waals surface area contributed by atoms with Crippen molar-refractivity contribution in [1.82, 2.24) is 0 Å². The molecule has 0 saturated heterocycles. The van der Waals surface area contributed by atoms with E-state index in [2.05, 4.69) is 15.9 Å². The summed E-state index contributed by atoms with van der Waals surface area (Å²) < 4.78 is 0.626. The normalized spacial score (nSPS) is 10.6. The van der Waals surface area contributed by atoms with Crippen molar-refractivity contribution < 1.29 is 4.79 Å². The number of hydrogen-bond donors (Lipinski definition) is 0. The van der Waals surface area contributed by atoms with E-state index in [1.165, 1.54) is 12.1 Å². The van der Waals surface area contributed by atoms with E-state index in [0.717, 1.165) is 0 Å². The summed E-state index contributed by atoms with van der Waals surface area (Å²) in [7, 11) is 0. The SMILES string of the molecule is O=C(c1cccc(Br)c1Cl)c1c(Cl)cc(Cl)cc1Cl. The summed E-state index contributed by atoms with van der Waals surface area (Å²) in [4.78, 5) is 12.5. The summed E-state index contributed by atoms with van der Waals surface area (Å²) in [6.45, 7) is 0. The average Bonchev–Trinajstić information content (AvgIpc) is 2.31. The molecule has 2 rings (SSSR count). The van der Waals surface area contributed by atoms with Crippen LogP contribution in [-0.2, 0) is 0 Å². The highest BCUT2D eigenvalue weighted by molar-refractivity contribution is 9.10. The molecule has 98 valence electrons. The van der Waals surface area contributed by atoms with E-state index in [1.54, 1.807) is 18.2 Å². The third kappa shape index (κ3) is 3.09. The van der Waals surface area contributed by atoms with E-state index in [4.69, 9.17) is 46.4 Å². The molecule has 2 aromatic rings. The fraction of sp³-hybridized carbons (Fsp3) is 0. The molecule has 0 atom stereocenters. The van der Waals surface area contributed by atoms with Gasteiger partial charge in [0.1, 0.15) is 0 Å². The van der Waals surface area contributed by atoms with Crippen LogP contribution in [-0.4, -0.2) is 5.78 Å². The van der Waals surface area contributed by atoms with Crippen LogP contribution in [0.25, 0.3) is 0 Å². The zero-order valence-electron chi connectivity index (χ0n) is 9.18. The van der Waals surface area contributed by atoms with Crippen molar-refractivity contribution in [1.29, 1.82) is 0 Å². The van der Waals surface area contributed by atoms with Crippen LogP contribution in [0, 0.1) is 0 Å². The number of benzene rings is 2. The second-order valence-electron chi connectivity index (χ2n) is 3.67. The quantitative estimate of drug-likeness (QED) is 0.543. The number of carbonyl (C=O) groups is 1. The Morgan fingerprint density at radius 1 is 1.00 bits per heavy atom. The number of carbonyl (C=O) groups excluding carboxylic acids is 1.